The molecule has 1 saturated heterocycles. The first-order chi connectivity index (χ1) is 6.22. The fourth-order valence-corrected chi connectivity index (χ4v) is 3.97. The lowest BCUT2D eigenvalue weighted by Crippen LogP contribution is -2.36. The van der Waals surface area contributed by atoms with Gasteiger partial charge in [-0.05, 0) is 44.5 Å². The van der Waals surface area contributed by atoms with Crippen LogP contribution in [0.2, 0.25) is 6.32 Å². The summed E-state index contributed by atoms with van der Waals surface area (Å²) in [6, 6.07) is 0. The Morgan fingerprint density at radius 2 is 2.38 bits per heavy atom. The average Bonchev–Trinajstić information content (AvgIpc) is 2.77. The first-order valence-corrected chi connectivity index (χ1v) is 5.48. The Hall–Kier alpha value is -0.465. The third kappa shape index (κ3) is 0.830. The van der Waals surface area contributed by atoms with Crippen LogP contribution in [0.25, 0.3) is 0 Å². The van der Waals surface area contributed by atoms with Gasteiger partial charge in [0.1, 0.15) is 0 Å². The highest BCUT2D eigenvalue weighted by molar-refractivity contribution is 6.41. The second kappa shape index (κ2) is 2.31. The second-order valence-corrected chi connectivity index (χ2v) is 5.21. The number of hydrogen-bond acceptors (Lipinski definition) is 1. The smallest absolute Gasteiger partial charge is 0.240 e. The molecule has 2 bridgehead atoms. The van der Waals surface area contributed by atoms with Gasteiger partial charge in [0.15, 0.2) is 0 Å². The maximum atomic E-state index is 12.0. The highest BCUT2D eigenvalue weighted by Crippen LogP contribution is 2.60. The number of hydrogen-bond donors (Lipinski definition) is 0. The largest absolute Gasteiger partial charge is 0.392 e. The minimum absolute atomic E-state index is 0.123. The number of carbonyl (C=O) groups excluding carboxylic acids is 1. The van der Waals surface area contributed by atoms with Gasteiger partial charge in [0, 0.05) is 5.41 Å². The summed E-state index contributed by atoms with van der Waals surface area (Å²) < 4.78 is 0. The maximum Gasteiger partial charge on any atom is 0.240 e. The lowest BCUT2D eigenvalue weighted by molar-refractivity contribution is -0.135. The number of amides is 1. The van der Waals surface area contributed by atoms with E-state index in [4.69, 9.17) is 0 Å². The molecule has 2 saturated carbocycles. The lowest BCUT2D eigenvalue weighted by Gasteiger charge is -2.32. The number of fused-ring (bicyclic) bond motifs is 3. The van der Waals surface area contributed by atoms with Crippen molar-refractivity contribution < 1.29 is 4.79 Å². The topological polar surface area (TPSA) is 20.3 Å². The van der Waals surface area contributed by atoms with E-state index in [1.54, 1.807) is 0 Å². The highest BCUT2D eigenvalue weighted by atomic mass is 16.2. The molecule has 1 heterocycles. The predicted octanol–water partition coefficient (Wildman–Crippen LogP) is 1.03. The van der Waals surface area contributed by atoms with Gasteiger partial charge in [0.25, 0.3) is 0 Å². The molecule has 2 aliphatic carbocycles. The Labute approximate surface area is 79.9 Å². The van der Waals surface area contributed by atoms with Crippen LogP contribution in [0.15, 0.2) is 0 Å². The van der Waals surface area contributed by atoms with Crippen LogP contribution in [0.1, 0.15) is 25.7 Å². The van der Waals surface area contributed by atoms with Crippen molar-refractivity contribution in [2.45, 2.75) is 32.0 Å². The van der Waals surface area contributed by atoms with Crippen LogP contribution in [0, 0.1) is 17.3 Å². The first-order valence-electron chi connectivity index (χ1n) is 5.48. The molecule has 1 aliphatic heterocycles. The molecule has 13 heavy (non-hydrogen) atoms. The Morgan fingerprint density at radius 3 is 2.85 bits per heavy atom. The first kappa shape index (κ1) is 7.89. The van der Waals surface area contributed by atoms with Crippen molar-refractivity contribution in [1.29, 1.82) is 0 Å². The van der Waals surface area contributed by atoms with Gasteiger partial charge < -0.3 is 4.81 Å². The highest BCUT2D eigenvalue weighted by Gasteiger charge is 2.58. The van der Waals surface area contributed by atoms with Gasteiger partial charge >= 0.3 is 0 Å². The fraction of sp³-hybridized carbons (Fsp3) is 0.900. The summed E-state index contributed by atoms with van der Waals surface area (Å²) in [4.78, 5) is 14.0. The molecule has 0 radical (unpaired) electrons. The van der Waals surface area contributed by atoms with Crippen molar-refractivity contribution in [1.82, 2.24) is 4.81 Å². The average molecular weight is 177 g/mol. The molecule has 3 rings (SSSR count). The van der Waals surface area contributed by atoms with Crippen molar-refractivity contribution in [2.24, 2.45) is 17.3 Å². The molecule has 0 aromatic heterocycles. The van der Waals surface area contributed by atoms with Crippen molar-refractivity contribution in [3.8, 4) is 0 Å². The summed E-state index contributed by atoms with van der Waals surface area (Å²) in [7, 11) is 2.96. The summed E-state index contributed by atoms with van der Waals surface area (Å²) in [5, 5.41) is 0. The molecule has 3 heteroatoms. The normalized spacial score (nSPS) is 47.8. The zero-order chi connectivity index (χ0) is 9.05. The van der Waals surface area contributed by atoms with E-state index in [9.17, 15) is 4.79 Å². The van der Waals surface area contributed by atoms with Crippen molar-refractivity contribution >= 4 is 13.3 Å². The maximum absolute atomic E-state index is 12.0. The molecule has 3 fully saturated rings. The van der Waals surface area contributed by atoms with Crippen LogP contribution in [0.3, 0.4) is 0 Å². The fourth-order valence-electron chi connectivity index (χ4n) is 3.97. The molecule has 1 amide bonds. The van der Waals surface area contributed by atoms with E-state index in [2.05, 4.69) is 0 Å². The standard InChI is InChI=1S/C10H16BNO/c1-12-9(13)10(6-11-12)5-7-2-3-8(10)4-7/h7-8,11H,2-6H2,1H3. The second-order valence-electron chi connectivity index (χ2n) is 5.21. The van der Waals surface area contributed by atoms with Crippen LogP contribution < -0.4 is 0 Å². The molecule has 3 aliphatic rings. The van der Waals surface area contributed by atoms with E-state index < -0.39 is 0 Å². The molecule has 0 N–H and O–H groups in total. The minimum atomic E-state index is 0.123. The molecule has 1 spiro atoms. The van der Waals surface area contributed by atoms with E-state index in [0.29, 0.717) is 5.91 Å². The van der Waals surface area contributed by atoms with Crippen LogP contribution in [0.4, 0.5) is 0 Å². The molecular weight excluding hydrogens is 161 g/mol. The molecular formula is C10H16BNO. The molecule has 3 unspecified atom stereocenters. The van der Waals surface area contributed by atoms with Crippen LogP contribution in [-0.2, 0) is 4.79 Å². The molecule has 0 aromatic rings. The van der Waals surface area contributed by atoms with Gasteiger partial charge in [-0.2, -0.15) is 0 Å². The Bertz CT molecular complexity index is 268. The monoisotopic (exact) mass is 177 g/mol. The third-order valence-electron chi connectivity index (χ3n) is 4.64. The summed E-state index contributed by atoms with van der Waals surface area (Å²) in [5.74, 6) is 2.09. The summed E-state index contributed by atoms with van der Waals surface area (Å²) in [6.07, 6.45) is 6.41. The van der Waals surface area contributed by atoms with Crippen molar-refractivity contribution in [3.63, 3.8) is 0 Å². The summed E-state index contributed by atoms with van der Waals surface area (Å²) in [6.45, 7) is 0. The summed E-state index contributed by atoms with van der Waals surface area (Å²) >= 11 is 0. The van der Waals surface area contributed by atoms with E-state index >= 15 is 0 Å². The molecule has 0 aromatic carbocycles. The number of rotatable bonds is 0. The van der Waals surface area contributed by atoms with E-state index in [1.807, 2.05) is 11.9 Å². The van der Waals surface area contributed by atoms with Gasteiger partial charge in [-0.1, -0.05) is 6.42 Å². The molecule has 70 valence electrons. The number of nitrogens with zero attached hydrogens (tertiary/aromatic N) is 1. The van der Waals surface area contributed by atoms with Crippen molar-refractivity contribution in [2.75, 3.05) is 7.05 Å². The van der Waals surface area contributed by atoms with Crippen LogP contribution in [0.5, 0.6) is 0 Å². The van der Waals surface area contributed by atoms with Gasteiger partial charge in [-0.25, -0.2) is 0 Å². The van der Waals surface area contributed by atoms with Gasteiger partial charge in [-0.3, -0.25) is 4.79 Å². The van der Waals surface area contributed by atoms with Crippen LogP contribution >= 0.6 is 0 Å². The molecule has 2 nitrogen and oxygen atoms in total. The zero-order valence-corrected chi connectivity index (χ0v) is 8.25. The predicted molar refractivity (Wildman–Crippen MR) is 52.6 cm³/mol. The van der Waals surface area contributed by atoms with Gasteiger partial charge in [-0.15, -0.1) is 0 Å². The van der Waals surface area contributed by atoms with Crippen molar-refractivity contribution in [3.05, 3.63) is 0 Å². The van der Waals surface area contributed by atoms with E-state index in [1.165, 1.54) is 25.7 Å². The van der Waals surface area contributed by atoms with Gasteiger partial charge in [0.2, 0.25) is 13.3 Å². The Kier molecular flexibility index (Phi) is 1.40. The SMILES string of the molecule is CN1BCC2(CC3CCC2C3)C1=O. The van der Waals surface area contributed by atoms with Gasteiger partial charge in [0.05, 0.1) is 0 Å². The van der Waals surface area contributed by atoms with E-state index in [0.717, 1.165) is 25.6 Å². The number of carbonyl (C=O) groups is 1. The van der Waals surface area contributed by atoms with Crippen LogP contribution in [-0.4, -0.2) is 25.2 Å². The summed E-state index contributed by atoms with van der Waals surface area (Å²) in [5.41, 5.74) is 0.123. The third-order valence-corrected chi connectivity index (χ3v) is 4.64. The molecule has 3 atom stereocenters. The Balaban J connectivity index is 1.94. The minimum Gasteiger partial charge on any atom is -0.392 e. The quantitative estimate of drug-likeness (QED) is 0.506. The Morgan fingerprint density at radius 1 is 1.54 bits per heavy atom. The zero-order valence-electron chi connectivity index (χ0n) is 8.25. The lowest BCUT2D eigenvalue weighted by atomic mass is 9.66. The van der Waals surface area contributed by atoms with E-state index in [-0.39, 0.29) is 5.41 Å².